The van der Waals surface area contributed by atoms with E-state index in [1.54, 1.807) is 25.1 Å². The number of carbonyl (C=O) groups is 2. The maximum atomic E-state index is 12.8. The maximum Gasteiger partial charge on any atom is 0.253 e. The minimum atomic E-state index is -0.191. The number of nitrogens with zero attached hydrogens (tertiary/aromatic N) is 1. The predicted molar refractivity (Wildman–Crippen MR) is 108 cm³/mol. The number of hydrogen-bond donors (Lipinski definition) is 1. The predicted octanol–water partition coefficient (Wildman–Crippen LogP) is 3.74. The number of nitrogens with one attached hydrogen (secondary N) is 1. The molecule has 2 aromatic carbocycles. The zero-order valence-electron chi connectivity index (χ0n) is 16.7. The van der Waals surface area contributed by atoms with Gasteiger partial charge in [0.1, 0.15) is 5.75 Å². The molecule has 0 saturated carbocycles. The molecule has 2 amide bonds. The van der Waals surface area contributed by atoms with Crippen LogP contribution in [0.15, 0.2) is 48.5 Å². The van der Waals surface area contributed by atoms with Crippen LogP contribution >= 0.6 is 0 Å². The lowest BCUT2D eigenvalue weighted by Crippen LogP contribution is -2.38. The Labute approximate surface area is 161 Å². The van der Waals surface area contributed by atoms with Crippen LogP contribution in [0, 0.1) is 0 Å². The van der Waals surface area contributed by atoms with Crippen molar-refractivity contribution in [2.75, 3.05) is 14.1 Å². The number of hydrogen-bond acceptors (Lipinski definition) is 3. The molecule has 0 unspecified atom stereocenters. The van der Waals surface area contributed by atoms with Gasteiger partial charge in [0.25, 0.3) is 5.91 Å². The van der Waals surface area contributed by atoms with Gasteiger partial charge in [-0.25, -0.2) is 0 Å². The van der Waals surface area contributed by atoms with Gasteiger partial charge in [-0.2, -0.15) is 0 Å². The second-order valence-corrected chi connectivity index (χ2v) is 6.92. The van der Waals surface area contributed by atoms with Crippen LogP contribution in [0.5, 0.6) is 5.75 Å². The van der Waals surface area contributed by atoms with Crippen molar-refractivity contribution in [3.8, 4) is 16.9 Å². The fourth-order valence-corrected chi connectivity index (χ4v) is 2.76. The lowest BCUT2D eigenvalue weighted by molar-refractivity contribution is -0.121. The van der Waals surface area contributed by atoms with Crippen LogP contribution in [0.25, 0.3) is 11.1 Å². The van der Waals surface area contributed by atoms with Gasteiger partial charge in [-0.3, -0.25) is 9.59 Å². The second kappa shape index (κ2) is 9.21. The second-order valence-electron chi connectivity index (χ2n) is 6.92. The Bertz CT molecular complexity index is 802. The summed E-state index contributed by atoms with van der Waals surface area (Å²) in [7, 11) is 3.32. The molecule has 1 N–H and O–H groups in total. The lowest BCUT2D eigenvalue weighted by Gasteiger charge is -2.24. The Morgan fingerprint density at radius 1 is 1.04 bits per heavy atom. The Kier molecular flexibility index (Phi) is 6.99. The number of rotatable bonds is 7. The first kappa shape index (κ1) is 20.5. The van der Waals surface area contributed by atoms with Crippen molar-refractivity contribution in [1.29, 1.82) is 0 Å². The molecule has 144 valence electrons. The number of carbonyl (C=O) groups excluding carboxylic acids is 2. The number of amides is 2. The molecule has 0 bridgehead atoms. The Hall–Kier alpha value is -2.82. The van der Waals surface area contributed by atoms with Gasteiger partial charge in [0.2, 0.25) is 5.91 Å². The van der Waals surface area contributed by atoms with Crippen LogP contribution in [0.2, 0.25) is 0 Å². The largest absolute Gasteiger partial charge is 0.491 e. The summed E-state index contributed by atoms with van der Waals surface area (Å²) in [5, 5.41) is 2.59. The number of ether oxygens (including phenoxy) is 1. The molecule has 5 heteroatoms. The van der Waals surface area contributed by atoms with E-state index in [0.29, 0.717) is 5.56 Å². The van der Waals surface area contributed by atoms with E-state index in [4.69, 9.17) is 4.74 Å². The fourth-order valence-electron chi connectivity index (χ4n) is 2.76. The average Bonchev–Trinajstić information content (AvgIpc) is 2.66. The standard InChI is InChI=1S/C22H28N2O3/c1-15(2)27-20-11-7-9-18(14-20)17-8-6-10-19(13-17)22(26)24(5)16(3)12-21(25)23-4/h6-11,13-16H,12H2,1-5H3,(H,23,25)/t16-/m0/s1. The third-order valence-corrected chi connectivity index (χ3v) is 4.39. The first-order valence-electron chi connectivity index (χ1n) is 9.16. The molecule has 0 saturated heterocycles. The molecule has 5 nitrogen and oxygen atoms in total. The highest BCUT2D eigenvalue weighted by Gasteiger charge is 2.20. The quantitative estimate of drug-likeness (QED) is 0.810. The van der Waals surface area contributed by atoms with Crippen LogP contribution in [0.3, 0.4) is 0 Å². The Morgan fingerprint density at radius 2 is 1.67 bits per heavy atom. The molecule has 0 aromatic heterocycles. The minimum Gasteiger partial charge on any atom is -0.491 e. The lowest BCUT2D eigenvalue weighted by atomic mass is 10.0. The highest BCUT2D eigenvalue weighted by molar-refractivity contribution is 5.95. The van der Waals surface area contributed by atoms with Crippen LogP contribution < -0.4 is 10.1 Å². The fraction of sp³-hybridized carbons (Fsp3) is 0.364. The average molecular weight is 368 g/mol. The van der Waals surface area contributed by atoms with E-state index >= 15 is 0 Å². The van der Waals surface area contributed by atoms with Crippen molar-refractivity contribution < 1.29 is 14.3 Å². The van der Waals surface area contributed by atoms with Gasteiger partial charge in [-0.1, -0.05) is 24.3 Å². The van der Waals surface area contributed by atoms with Crippen molar-refractivity contribution in [1.82, 2.24) is 10.2 Å². The van der Waals surface area contributed by atoms with Crippen molar-refractivity contribution >= 4 is 11.8 Å². The van der Waals surface area contributed by atoms with Crippen LogP contribution in [-0.2, 0) is 4.79 Å². The molecule has 0 aliphatic heterocycles. The molecular formula is C22H28N2O3. The summed E-state index contributed by atoms with van der Waals surface area (Å²) in [6.07, 6.45) is 0.371. The van der Waals surface area contributed by atoms with Gasteiger partial charge in [0, 0.05) is 32.1 Å². The molecule has 0 spiro atoms. The molecule has 0 aliphatic carbocycles. The topological polar surface area (TPSA) is 58.6 Å². The summed E-state index contributed by atoms with van der Waals surface area (Å²) >= 11 is 0. The third kappa shape index (κ3) is 5.58. The normalized spacial score (nSPS) is 11.8. The van der Waals surface area contributed by atoms with E-state index in [-0.39, 0.29) is 30.4 Å². The molecule has 27 heavy (non-hydrogen) atoms. The smallest absolute Gasteiger partial charge is 0.253 e. The van der Waals surface area contributed by atoms with E-state index in [2.05, 4.69) is 5.32 Å². The highest BCUT2D eigenvalue weighted by Crippen LogP contribution is 2.25. The van der Waals surface area contributed by atoms with Crippen molar-refractivity contribution in [2.45, 2.75) is 39.3 Å². The van der Waals surface area contributed by atoms with Gasteiger partial charge in [0.15, 0.2) is 0 Å². The summed E-state index contributed by atoms with van der Waals surface area (Å²) in [6, 6.07) is 15.2. The van der Waals surface area contributed by atoms with Gasteiger partial charge in [0.05, 0.1) is 6.10 Å². The zero-order valence-corrected chi connectivity index (χ0v) is 16.7. The number of benzene rings is 2. The first-order valence-corrected chi connectivity index (χ1v) is 9.16. The van der Waals surface area contributed by atoms with Crippen molar-refractivity contribution in [3.63, 3.8) is 0 Å². The SMILES string of the molecule is CNC(=O)C[C@H](C)N(C)C(=O)c1cccc(-c2cccc(OC(C)C)c2)c1. The van der Waals surface area contributed by atoms with Gasteiger partial charge in [-0.15, -0.1) is 0 Å². The summed E-state index contributed by atoms with van der Waals surface area (Å²) < 4.78 is 5.76. The monoisotopic (exact) mass is 368 g/mol. The molecule has 0 heterocycles. The van der Waals surface area contributed by atoms with E-state index in [1.807, 2.05) is 63.2 Å². The molecule has 0 fully saturated rings. The van der Waals surface area contributed by atoms with Crippen molar-refractivity contribution in [3.05, 3.63) is 54.1 Å². The van der Waals surface area contributed by atoms with Crippen LogP contribution in [0.1, 0.15) is 37.6 Å². The van der Waals surface area contributed by atoms with Gasteiger partial charge < -0.3 is 15.0 Å². The van der Waals surface area contributed by atoms with E-state index in [0.717, 1.165) is 16.9 Å². The summed E-state index contributed by atoms with van der Waals surface area (Å²) in [5.41, 5.74) is 2.53. The third-order valence-electron chi connectivity index (χ3n) is 4.39. The van der Waals surface area contributed by atoms with Gasteiger partial charge >= 0.3 is 0 Å². The maximum absolute atomic E-state index is 12.8. The molecular weight excluding hydrogens is 340 g/mol. The summed E-state index contributed by atoms with van der Waals surface area (Å²) in [4.78, 5) is 26.0. The first-order chi connectivity index (χ1) is 12.8. The zero-order chi connectivity index (χ0) is 20.0. The Morgan fingerprint density at radius 3 is 2.30 bits per heavy atom. The van der Waals surface area contributed by atoms with E-state index < -0.39 is 0 Å². The van der Waals surface area contributed by atoms with Gasteiger partial charge in [-0.05, 0) is 56.2 Å². The molecule has 2 rings (SSSR count). The highest BCUT2D eigenvalue weighted by atomic mass is 16.5. The van der Waals surface area contributed by atoms with E-state index in [1.165, 1.54) is 0 Å². The van der Waals surface area contributed by atoms with E-state index in [9.17, 15) is 9.59 Å². The van der Waals surface area contributed by atoms with Crippen LogP contribution in [0.4, 0.5) is 0 Å². The van der Waals surface area contributed by atoms with Crippen LogP contribution in [-0.4, -0.2) is 43.0 Å². The summed E-state index contributed by atoms with van der Waals surface area (Å²) in [5.74, 6) is 0.608. The molecule has 0 radical (unpaired) electrons. The minimum absolute atomic E-state index is 0.0853. The Balaban J connectivity index is 2.22. The molecule has 1 atom stereocenters. The molecule has 0 aliphatic rings. The molecule has 2 aromatic rings. The van der Waals surface area contributed by atoms with Crippen molar-refractivity contribution in [2.24, 2.45) is 0 Å². The summed E-state index contributed by atoms with van der Waals surface area (Å²) in [6.45, 7) is 5.84.